The van der Waals surface area contributed by atoms with Crippen molar-refractivity contribution in [2.75, 3.05) is 17.2 Å². The molecule has 0 radical (unpaired) electrons. The number of carbonyl (C=O) groups is 2. The molecule has 3 aromatic carbocycles. The Bertz CT molecular complexity index is 1080. The number of para-hydroxylation sites is 2. The number of hydrogen-bond donors (Lipinski definition) is 2. The van der Waals surface area contributed by atoms with Crippen molar-refractivity contribution in [1.82, 2.24) is 0 Å². The minimum absolute atomic E-state index is 0.0203. The summed E-state index contributed by atoms with van der Waals surface area (Å²) in [5, 5.41) is 16.4. The lowest BCUT2D eigenvalue weighted by molar-refractivity contribution is -0.385. The highest BCUT2D eigenvalue weighted by Crippen LogP contribution is 2.25. The van der Waals surface area contributed by atoms with E-state index in [1.807, 2.05) is 19.1 Å². The quantitative estimate of drug-likeness (QED) is 0.453. The number of nitro groups is 1. The molecular formula is C22H19N3O5. The van der Waals surface area contributed by atoms with Crippen LogP contribution in [0.5, 0.6) is 5.75 Å². The summed E-state index contributed by atoms with van der Waals surface area (Å²) < 4.78 is 5.26. The van der Waals surface area contributed by atoms with Gasteiger partial charge in [0.2, 0.25) is 0 Å². The Kier molecular flexibility index (Phi) is 6.39. The molecule has 0 fully saturated rings. The molecule has 0 aromatic heterocycles. The van der Waals surface area contributed by atoms with E-state index in [9.17, 15) is 19.7 Å². The first kappa shape index (κ1) is 20.5. The van der Waals surface area contributed by atoms with E-state index in [1.54, 1.807) is 42.5 Å². The van der Waals surface area contributed by atoms with Crippen LogP contribution in [-0.2, 0) is 4.79 Å². The number of carbonyl (C=O) groups excluding carboxylic acids is 2. The summed E-state index contributed by atoms with van der Waals surface area (Å²) in [6.07, 6.45) is 0. The fourth-order valence-electron chi connectivity index (χ4n) is 2.73. The zero-order valence-corrected chi connectivity index (χ0v) is 16.1. The van der Waals surface area contributed by atoms with Crippen LogP contribution in [0.25, 0.3) is 0 Å². The predicted octanol–water partition coefficient (Wildman–Crippen LogP) is 4.17. The molecule has 0 spiro atoms. The van der Waals surface area contributed by atoms with Crippen molar-refractivity contribution in [3.05, 3.63) is 94.0 Å². The van der Waals surface area contributed by atoms with Gasteiger partial charge in [-0.3, -0.25) is 19.7 Å². The Morgan fingerprint density at radius 3 is 2.17 bits per heavy atom. The summed E-state index contributed by atoms with van der Waals surface area (Å²) in [4.78, 5) is 34.8. The SMILES string of the molecule is Cc1ccccc1C(=O)Nc1ccc(NC(=O)COc2ccccc2[N+](=O)[O-])cc1. The molecule has 152 valence electrons. The van der Waals surface area contributed by atoms with Crippen molar-refractivity contribution in [3.8, 4) is 5.75 Å². The summed E-state index contributed by atoms with van der Waals surface area (Å²) in [6.45, 7) is 1.48. The second-order valence-electron chi connectivity index (χ2n) is 6.41. The van der Waals surface area contributed by atoms with Crippen molar-refractivity contribution in [1.29, 1.82) is 0 Å². The van der Waals surface area contributed by atoms with Crippen molar-refractivity contribution in [3.63, 3.8) is 0 Å². The number of amides is 2. The lowest BCUT2D eigenvalue weighted by Gasteiger charge is -2.10. The zero-order valence-electron chi connectivity index (χ0n) is 16.1. The molecular weight excluding hydrogens is 386 g/mol. The maximum atomic E-state index is 12.3. The molecule has 8 nitrogen and oxygen atoms in total. The maximum Gasteiger partial charge on any atom is 0.310 e. The minimum atomic E-state index is -0.572. The van der Waals surface area contributed by atoms with Gasteiger partial charge in [-0.05, 0) is 48.9 Å². The second-order valence-corrected chi connectivity index (χ2v) is 6.41. The number of ether oxygens (including phenoxy) is 1. The molecule has 3 aromatic rings. The topological polar surface area (TPSA) is 111 Å². The van der Waals surface area contributed by atoms with Gasteiger partial charge < -0.3 is 15.4 Å². The molecule has 8 heteroatoms. The molecule has 0 heterocycles. The summed E-state index contributed by atoms with van der Waals surface area (Å²) in [5.74, 6) is -0.667. The molecule has 0 saturated heterocycles. The third-order valence-corrected chi connectivity index (χ3v) is 4.24. The predicted molar refractivity (Wildman–Crippen MR) is 113 cm³/mol. The maximum absolute atomic E-state index is 12.3. The molecule has 0 aliphatic carbocycles. The number of rotatable bonds is 7. The van der Waals surface area contributed by atoms with E-state index in [1.165, 1.54) is 18.2 Å². The van der Waals surface area contributed by atoms with Gasteiger partial charge in [0.1, 0.15) is 0 Å². The number of anilines is 2. The molecule has 2 amide bonds. The second kappa shape index (κ2) is 9.33. The van der Waals surface area contributed by atoms with Crippen LogP contribution in [0.1, 0.15) is 15.9 Å². The van der Waals surface area contributed by atoms with E-state index in [0.717, 1.165) is 5.56 Å². The number of hydrogen-bond acceptors (Lipinski definition) is 5. The molecule has 3 rings (SSSR count). The van der Waals surface area contributed by atoms with E-state index in [-0.39, 0.29) is 24.0 Å². The van der Waals surface area contributed by atoms with Crippen LogP contribution >= 0.6 is 0 Å². The van der Waals surface area contributed by atoms with Gasteiger partial charge in [-0.15, -0.1) is 0 Å². The molecule has 0 saturated carbocycles. The first-order valence-electron chi connectivity index (χ1n) is 9.07. The van der Waals surface area contributed by atoms with Crippen LogP contribution in [0.15, 0.2) is 72.8 Å². The van der Waals surface area contributed by atoms with Gasteiger partial charge >= 0.3 is 5.69 Å². The summed E-state index contributed by atoms with van der Waals surface area (Å²) in [6, 6.07) is 19.7. The first-order valence-corrected chi connectivity index (χ1v) is 9.07. The normalized spacial score (nSPS) is 10.2. The van der Waals surface area contributed by atoms with Crippen LogP contribution in [0.4, 0.5) is 17.1 Å². The average molecular weight is 405 g/mol. The van der Waals surface area contributed by atoms with E-state index < -0.39 is 10.8 Å². The van der Waals surface area contributed by atoms with Crippen molar-refractivity contribution in [2.24, 2.45) is 0 Å². The number of benzene rings is 3. The Morgan fingerprint density at radius 1 is 0.900 bits per heavy atom. The van der Waals surface area contributed by atoms with Crippen molar-refractivity contribution in [2.45, 2.75) is 6.92 Å². The molecule has 0 bridgehead atoms. The molecule has 0 atom stereocenters. The van der Waals surface area contributed by atoms with E-state index in [0.29, 0.717) is 16.9 Å². The monoisotopic (exact) mass is 405 g/mol. The fraction of sp³-hybridized carbons (Fsp3) is 0.0909. The highest BCUT2D eigenvalue weighted by molar-refractivity contribution is 6.05. The van der Waals surface area contributed by atoms with Crippen molar-refractivity contribution < 1.29 is 19.2 Å². The Hall–Kier alpha value is -4.20. The van der Waals surface area contributed by atoms with Crippen LogP contribution in [0.2, 0.25) is 0 Å². The van der Waals surface area contributed by atoms with Crippen molar-refractivity contribution >= 4 is 28.9 Å². The van der Waals surface area contributed by atoms with Crippen LogP contribution in [-0.4, -0.2) is 23.3 Å². The molecule has 2 N–H and O–H groups in total. The number of nitro benzene ring substituents is 1. The largest absolute Gasteiger partial charge is 0.477 e. The first-order chi connectivity index (χ1) is 14.4. The Labute approximate surface area is 172 Å². The number of nitrogens with zero attached hydrogens (tertiary/aromatic N) is 1. The van der Waals surface area contributed by atoms with Gasteiger partial charge in [0, 0.05) is 23.0 Å². The molecule has 30 heavy (non-hydrogen) atoms. The standard InChI is InChI=1S/C22H19N3O5/c1-15-6-2-3-7-18(15)22(27)24-17-12-10-16(11-13-17)23-21(26)14-30-20-9-5-4-8-19(20)25(28)29/h2-13H,14H2,1H3,(H,23,26)(H,24,27). The van der Waals surface area contributed by atoms with E-state index in [4.69, 9.17) is 4.74 Å². The van der Waals surface area contributed by atoms with E-state index >= 15 is 0 Å². The third kappa shape index (κ3) is 5.20. The fourth-order valence-corrected chi connectivity index (χ4v) is 2.73. The molecule has 0 aliphatic rings. The molecule has 0 unspecified atom stereocenters. The Morgan fingerprint density at radius 2 is 1.50 bits per heavy atom. The summed E-state index contributed by atoms with van der Waals surface area (Å²) >= 11 is 0. The number of nitrogens with one attached hydrogen (secondary N) is 2. The van der Waals surface area contributed by atoms with Gasteiger partial charge in [0.15, 0.2) is 12.4 Å². The van der Waals surface area contributed by atoms with Gasteiger partial charge in [0.05, 0.1) is 4.92 Å². The van der Waals surface area contributed by atoms with Crippen LogP contribution in [0.3, 0.4) is 0 Å². The minimum Gasteiger partial charge on any atom is -0.477 e. The highest BCUT2D eigenvalue weighted by atomic mass is 16.6. The van der Waals surface area contributed by atoms with Crippen LogP contribution < -0.4 is 15.4 Å². The lowest BCUT2D eigenvalue weighted by Crippen LogP contribution is -2.20. The summed E-state index contributed by atoms with van der Waals surface area (Å²) in [5.41, 5.74) is 2.33. The smallest absolute Gasteiger partial charge is 0.310 e. The zero-order chi connectivity index (χ0) is 21.5. The third-order valence-electron chi connectivity index (χ3n) is 4.24. The molecule has 0 aliphatic heterocycles. The van der Waals surface area contributed by atoms with Gasteiger partial charge in [-0.2, -0.15) is 0 Å². The Balaban J connectivity index is 1.55. The van der Waals surface area contributed by atoms with Gasteiger partial charge in [-0.1, -0.05) is 30.3 Å². The number of aryl methyl sites for hydroxylation is 1. The van der Waals surface area contributed by atoms with E-state index in [2.05, 4.69) is 10.6 Å². The lowest BCUT2D eigenvalue weighted by atomic mass is 10.1. The highest BCUT2D eigenvalue weighted by Gasteiger charge is 2.15. The van der Waals surface area contributed by atoms with Gasteiger partial charge in [-0.25, -0.2) is 0 Å². The average Bonchev–Trinajstić information content (AvgIpc) is 2.74. The van der Waals surface area contributed by atoms with Crippen LogP contribution in [0, 0.1) is 17.0 Å². The summed E-state index contributed by atoms with van der Waals surface area (Å²) in [7, 11) is 0. The van der Waals surface area contributed by atoms with Gasteiger partial charge in [0.25, 0.3) is 11.8 Å².